The molecule has 1 aromatic carbocycles. The van der Waals surface area contributed by atoms with Crippen LogP contribution >= 0.6 is 0 Å². The number of hydrogen-bond acceptors (Lipinski definition) is 2. The molecular formula is C18H27N3. The molecule has 1 aliphatic carbocycles. The van der Waals surface area contributed by atoms with E-state index in [0.717, 1.165) is 24.5 Å². The van der Waals surface area contributed by atoms with Gasteiger partial charge in [0.05, 0.1) is 17.4 Å². The Hall–Kier alpha value is -1.35. The first-order chi connectivity index (χ1) is 10.2. The summed E-state index contributed by atoms with van der Waals surface area (Å²) in [7, 11) is 0. The standard InChI is InChI=1S/C18H27N3/c1-4-19-17(15-7-5-6-8-15)11-21-12-20-16-9-13(2)14(3)10-18(16)21/h9-10,12,15,17,19H,4-8,11H2,1-3H3. The Morgan fingerprint density at radius 2 is 1.95 bits per heavy atom. The second kappa shape index (κ2) is 6.18. The van der Waals surface area contributed by atoms with Crippen molar-refractivity contribution in [3.8, 4) is 0 Å². The van der Waals surface area contributed by atoms with Crippen molar-refractivity contribution >= 4 is 11.0 Å². The summed E-state index contributed by atoms with van der Waals surface area (Å²) in [5.41, 5.74) is 5.08. The first-order valence-electron chi connectivity index (χ1n) is 8.34. The van der Waals surface area contributed by atoms with Crippen LogP contribution in [0.15, 0.2) is 18.5 Å². The number of likely N-dealkylation sites (N-methyl/N-ethyl adjacent to an activating group) is 1. The lowest BCUT2D eigenvalue weighted by molar-refractivity contribution is 0.330. The summed E-state index contributed by atoms with van der Waals surface area (Å²) in [6.07, 6.45) is 7.57. The lowest BCUT2D eigenvalue weighted by atomic mass is 9.98. The molecule has 0 saturated heterocycles. The Bertz CT molecular complexity index is 608. The normalized spacial score (nSPS) is 17.7. The molecule has 2 aromatic rings. The molecule has 114 valence electrons. The molecule has 1 atom stereocenters. The molecule has 0 amide bonds. The maximum atomic E-state index is 4.60. The molecule has 0 aliphatic heterocycles. The van der Waals surface area contributed by atoms with Gasteiger partial charge in [0.15, 0.2) is 0 Å². The summed E-state index contributed by atoms with van der Waals surface area (Å²) in [5, 5.41) is 3.70. The molecule has 1 N–H and O–H groups in total. The smallest absolute Gasteiger partial charge is 0.0958 e. The van der Waals surface area contributed by atoms with Crippen LogP contribution in [-0.2, 0) is 6.54 Å². The average molecular weight is 285 g/mol. The van der Waals surface area contributed by atoms with Crippen LogP contribution in [-0.4, -0.2) is 22.1 Å². The van der Waals surface area contributed by atoms with Gasteiger partial charge in [0, 0.05) is 12.6 Å². The number of imidazole rings is 1. The van der Waals surface area contributed by atoms with Crippen LogP contribution in [0, 0.1) is 19.8 Å². The lowest BCUT2D eigenvalue weighted by Gasteiger charge is -2.25. The Morgan fingerprint density at radius 1 is 1.24 bits per heavy atom. The van der Waals surface area contributed by atoms with Crippen LogP contribution < -0.4 is 5.32 Å². The monoisotopic (exact) mass is 285 g/mol. The number of aromatic nitrogens is 2. The molecule has 1 saturated carbocycles. The fourth-order valence-corrected chi connectivity index (χ4v) is 3.67. The first kappa shape index (κ1) is 14.6. The minimum absolute atomic E-state index is 0.580. The van der Waals surface area contributed by atoms with Gasteiger partial charge in [0.1, 0.15) is 0 Å². The van der Waals surface area contributed by atoms with E-state index in [4.69, 9.17) is 0 Å². The van der Waals surface area contributed by atoms with Gasteiger partial charge >= 0.3 is 0 Å². The molecule has 0 bridgehead atoms. The van der Waals surface area contributed by atoms with Crippen molar-refractivity contribution in [3.05, 3.63) is 29.6 Å². The van der Waals surface area contributed by atoms with E-state index in [9.17, 15) is 0 Å². The summed E-state index contributed by atoms with van der Waals surface area (Å²) in [5.74, 6) is 0.828. The zero-order valence-electron chi connectivity index (χ0n) is 13.5. The highest BCUT2D eigenvalue weighted by molar-refractivity contribution is 5.77. The van der Waals surface area contributed by atoms with Crippen molar-refractivity contribution in [2.24, 2.45) is 5.92 Å². The number of aryl methyl sites for hydroxylation is 2. The molecule has 21 heavy (non-hydrogen) atoms. The Labute approximate surface area is 127 Å². The molecule has 0 spiro atoms. The molecule has 1 aliphatic rings. The highest BCUT2D eigenvalue weighted by Crippen LogP contribution is 2.29. The summed E-state index contributed by atoms with van der Waals surface area (Å²) in [6, 6.07) is 5.07. The van der Waals surface area contributed by atoms with Gasteiger partial charge in [-0.25, -0.2) is 4.98 Å². The highest BCUT2D eigenvalue weighted by atomic mass is 15.1. The minimum atomic E-state index is 0.580. The predicted octanol–water partition coefficient (Wildman–Crippen LogP) is 3.82. The van der Waals surface area contributed by atoms with Gasteiger partial charge in [-0.2, -0.15) is 0 Å². The Morgan fingerprint density at radius 3 is 2.67 bits per heavy atom. The predicted molar refractivity (Wildman–Crippen MR) is 88.6 cm³/mol. The van der Waals surface area contributed by atoms with Gasteiger partial charge in [-0.05, 0) is 62.4 Å². The van der Waals surface area contributed by atoms with E-state index < -0.39 is 0 Å². The average Bonchev–Trinajstić information content (AvgIpc) is 3.10. The third kappa shape index (κ3) is 2.98. The van der Waals surface area contributed by atoms with Crippen LogP contribution in [0.4, 0.5) is 0 Å². The third-order valence-electron chi connectivity index (χ3n) is 5.07. The summed E-state index contributed by atoms with van der Waals surface area (Å²) >= 11 is 0. The van der Waals surface area contributed by atoms with Crippen LogP contribution in [0.1, 0.15) is 43.7 Å². The van der Waals surface area contributed by atoms with E-state index in [1.807, 2.05) is 6.33 Å². The number of fused-ring (bicyclic) bond motifs is 1. The van der Waals surface area contributed by atoms with E-state index in [0.29, 0.717) is 6.04 Å². The zero-order valence-corrected chi connectivity index (χ0v) is 13.5. The largest absolute Gasteiger partial charge is 0.329 e. The fourth-order valence-electron chi connectivity index (χ4n) is 3.67. The topological polar surface area (TPSA) is 29.9 Å². The number of nitrogens with zero attached hydrogens (tertiary/aromatic N) is 2. The maximum absolute atomic E-state index is 4.60. The molecule has 1 fully saturated rings. The Kier molecular flexibility index (Phi) is 4.29. The van der Waals surface area contributed by atoms with Crippen LogP contribution in [0.3, 0.4) is 0 Å². The quantitative estimate of drug-likeness (QED) is 0.905. The lowest BCUT2D eigenvalue weighted by Crippen LogP contribution is -2.38. The van der Waals surface area contributed by atoms with E-state index in [-0.39, 0.29) is 0 Å². The van der Waals surface area contributed by atoms with E-state index in [1.54, 1.807) is 0 Å². The fraction of sp³-hybridized carbons (Fsp3) is 0.611. The molecule has 1 unspecified atom stereocenters. The number of hydrogen-bond donors (Lipinski definition) is 1. The summed E-state index contributed by atoms with van der Waals surface area (Å²) in [4.78, 5) is 4.60. The van der Waals surface area contributed by atoms with Gasteiger partial charge in [-0.1, -0.05) is 19.8 Å². The van der Waals surface area contributed by atoms with Crippen molar-refractivity contribution in [1.82, 2.24) is 14.9 Å². The molecular weight excluding hydrogens is 258 g/mol. The molecule has 0 radical (unpaired) electrons. The molecule has 1 aromatic heterocycles. The second-order valence-corrected chi connectivity index (χ2v) is 6.53. The Balaban J connectivity index is 1.86. The number of nitrogens with one attached hydrogen (secondary N) is 1. The van der Waals surface area contributed by atoms with Crippen LogP contribution in [0.5, 0.6) is 0 Å². The van der Waals surface area contributed by atoms with E-state index in [2.05, 4.69) is 47.8 Å². The van der Waals surface area contributed by atoms with Gasteiger partial charge in [0.25, 0.3) is 0 Å². The van der Waals surface area contributed by atoms with Gasteiger partial charge in [-0.15, -0.1) is 0 Å². The van der Waals surface area contributed by atoms with Gasteiger partial charge < -0.3 is 9.88 Å². The molecule has 1 heterocycles. The maximum Gasteiger partial charge on any atom is 0.0958 e. The number of rotatable bonds is 5. The third-order valence-corrected chi connectivity index (χ3v) is 5.07. The molecule has 3 rings (SSSR count). The second-order valence-electron chi connectivity index (χ2n) is 6.53. The SMILES string of the molecule is CCNC(Cn1cnc2cc(C)c(C)cc21)C1CCCC1. The van der Waals surface area contributed by atoms with Crippen molar-refractivity contribution in [3.63, 3.8) is 0 Å². The molecule has 3 heteroatoms. The van der Waals surface area contributed by atoms with Crippen LogP contribution in [0.2, 0.25) is 0 Å². The summed E-state index contributed by atoms with van der Waals surface area (Å²) < 4.78 is 2.34. The van der Waals surface area contributed by atoms with Crippen molar-refractivity contribution < 1.29 is 0 Å². The van der Waals surface area contributed by atoms with Crippen LogP contribution in [0.25, 0.3) is 11.0 Å². The van der Waals surface area contributed by atoms with Crippen molar-refractivity contribution in [1.29, 1.82) is 0 Å². The first-order valence-corrected chi connectivity index (χ1v) is 8.34. The zero-order chi connectivity index (χ0) is 14.8. The highest BCUT2D eigenvalue weighted by Gasteiger charge is 2.25. The minimum Gasteiger partial charge on any atom is -0.329 e. The number of benzene rings is 1. The summed E-state index contributed by atoms with van der Waals surface area (Å²) in [6.45, 7) is 8.64. The van der Waals surface area contributed by atoms with Crippen molar-refractivity contribution in [2.45, 2.75) is 59.0 Å². The van der Waals surface area contributed by atoms with Gasteiger partial charge in [0.2, 0.25) is 0 Å². The van der Waals surface area contributed by atoms with Gasteiger partial charge in [-0.3, -0.25) is 0 Å². The van der Waals surface area contributed by atoms with E-state index >= 15 is 0 Å². The molecule has 3 nitrogen and oxygen atoms in total. The van der Waals surface area contributed by atoms with E-state index in [1.165, 1.54) is 42.3 Å². The van der Waals surface area contributed by atoms with Crippen molar-refractivity contribution in [2.75, 3.05) is 6.54 Å².